The average Bonchev–Trinajstić information content (AvgIpc) is 2.83. The van der Waals surface area contributed by atoms with Gasteiger partial charge < -0.3 is 15.1 Å². The van der Waals surface area contributed by atoms with Gasteiger partial charge in [-0.15, -0.1) is 0 Å². The van der Waals surface area contributed by atoms with Crippen LogP contribution in [0.15, 0.2) is 66.7 Å². The number of hydrogen-bond donors (Lipinski definition) is 1. The summed E-state index contributed by atoms with van der Waals surface area (Å²) in [5, 5.41) is 15.8. The number of carbonyl (C=O) groups excluding carboxylic acids is 2. The second-order valence-electron chi connectivity index (χ2n) is 7.74. The molecule has 1 fully saturated rings. The van der Waals surface area contributed by atoms with E-state index in [9.17, 15) is 19.7 Å². The maximum Gasteiger partial charge on any atom is 0.271 e. The molecule has 0 radical (unpaired) electrons. The number of non-ortho nitro benzene ring substituents is 1. The summed E-state index contributed by atoms with van der Waals surface area (Å²) in [6.45, 7) is 2.12. The Labute approximate surface area is 185 Å². The Morgan fingerprint density at radius 2 is 1.66 bits per heavy atom. The maximum atomic E-state index is 12.6. The third-order valence-electron chi connectivity index (χ3n) is 5.71. The lowest BCUT2D eigenvalue weighted by Gasteiger charge is -2.36. The van der Waals surface area contributed by atoms with E-state index in [1.807, 2.05) is 53.4 Å². The number of nitro groups is 1. The average molecular weight is 432 g/mol. The highest BCUT2D eigenvalue weighted by atomic mass is 16.6. The zero-order chi connectivity index (χ0) is 22.5. The van der Waals surface area contributed by atoms with Crippen molar-refractivity contribution in [2.45, 2.75) is 6.42 Å². The maximum absolute atomic E-state index is 12.6. The van der Waals surface area contributed by atoms with E-state index in [2.05, 4.69) is 5.32 Å². The quantitative estimate of drug-likeness (QED) is 0.477. The number of nitrogens with one attached hydrogen (secondary N) is 1. The smallest absolute Gasteiger partial charge is 0.271 e. The fourth-order valence-electron chi connectivity index (χ4n) is 3.99. The van der Waals surface area contributed by atoms with Crippen LogP contribution in [0.2, 0.25) is 0 Å². The molecule has 3 aromatic rings. The van der Waals surface area contributed by atoms with Crippen LogP contribution >= 0.6 is 0 Å². The van der Waals surface area contributed by atoms with Crippen molar-refractivity contribution in [1.82, 2.24) is 10.2 Å². The normalized spacial score (nSPS) is 13.8. The molecule has 4 rings (SSSR count). The molecule has 32 heavy (non-hydrogen) atoms. The summed E-state index contributed by atoms with van der Waals surface area (Å²) in [4.78, 5) is 39.3. The summed E-state index contributed by atoms with van der Waals surface area (Å²) in [5.74, 6) is -0.320. The number of carbonyl (C=O) groups is 2. The second kappa shape index (κ2) is 9.47. The number of piperazine rings is 1. The largest absolute Gasteiger partial charge is 0.368 e. The standard InChI is InChI=1S/C24H24N4O4/c29-23(15-19-7-3-6-18-5-1-2-10-22(18)19)25-17-24(30)27-13-11-26(12-14-27)20-8-4-9-21(16-20)28(31)32/h1-10,16H,11-15,17H2,(H,25,29). The van der Waals surface area contributed by atoms with E-state index in [0.717, 1.165) is 22.0 Å². The van der Waals surface area contributed by atoms with Gasteiger partial charge in [0.15, 0.2) is 0 Å². The summed E-state index contributed by atoms with van der Waals surface area (Å²) in [5.41, 5.74) is 1.75. The van der Waals surface area contributed by atoms with Gasteiger partial charge in [-0.25, -0.2) is 0 Å². The van der Waals surface area contributed by atoms with Gasteiger partial charge in [0.2, 0.25) is 11.8 Å². The lowest BCUT2D eigenvalue weighted by atomic mass is 10.0. The van der Waals surface area contributed by atoms with E-state index < -0.39 is 4.92 Å². The molecule has 8 heteroatoms. The molecule has 0 saturated carbocycles. The molecule has 1 aliphatic heterocycles. The monoisotopic (exact) mass is 432 g/mol. The summed E-state index contributed by atoms with van der Waals surface area (Å²) in [6.07, 6.45) is 0.217. The first-order chi connectivity index (χ1) is 15.5. The van der Waals surface area contributed by atoms with Gasteiger partial charge in [0, 0.05) is 44.0 Å². The number of nitro benzene ring substituents is 1. The molecule has 0 aliphatic carbocycles. The molecular weight excluding hydrogens is 408 g/mol. The molecule has 0 aromatic heterocycles. The third kappa shape index (κ3) is 4.85. The van der Waals surface area contributed by atoms with E-state index in [1.54, 1.807) is 17.0 Å². The number of hydrogen-bond acceptors (Lipinski definition) is 5. The van der Waals surface area contributed by atoms with Crippen LogP contribution in [0.1, 0.15) is 5.56 Å². The van der Waals surface area contributed by atoms with Crippen LogP contribution in [0, 0.1) is 10.1 Å². The first kappa shape index (κ1) is 21.3. The molecule has 164 valence electrons. The van der Waals surface area contributed by atoms with Crippen LogP contribution in [-0.2, 0) is 16.0 Å². The van der Waals surface area contributed by atoms with Gasteiger partial charge in [-0.1, -0.05) is 48.5 Å². The SMILES string of the molecule is O=C(Cc1cccc2ccccc12)NCC(=O)N1CCN(c2cccc([N+](=O)[O-])c2)CC1. The molecular formula is C24H24N4O4. The molecule has 1 aliphatic rings. The van der Waals surface area contributed by atoms with Crippen molar-refractivity contribution < 1.29 is 14.5 Å². The van der Waals surface area contributed by atoms with Gasteiger partial charge in [-0.3, -0.25) is 19.7 Å². The topological polar surface area (TPSA) is 95.8 Å². The van der Waals surface area contributed by atoms with Crippen LogP contribution in [0.4, 0.5) is 11.4 Å². The predicted molar refractivity (Wildman–Crippen MR) is 123 cm³/mol. The fourth-order valence-corrected chi connectivity index (χ4v) is 3.99. The molecule has 2 amide bonds. The van der Waals surface area contributed by atoms with Crippen molar-refractivity contribution in [1.29, 1.82) is 0 Å². The molecule has 0 spiro atoms. The van der Waals surface area contributed by atoms with Gasteiger partial charge in [-0.2, -0.15) is 0 Å². The highest BCUT2D eigenvalue weighted by Gasteiger charge is 2.22. The molecule has 8 nitrogen and oxygen atoms in total. The zero-order valence-corrected chi connectivity index (χ0v) is 17.6. The van der Waals surface area contributed by atoms with Crippen molar-refractivity contribution in [2.75, 3.05) is 37.6 Å². The Bertz CT molecular complexity index is 1150. The number of anilines is 1. The Kier molecular flexibility index (Phi) is 6.30. The van der Waals surface area contributed by atoms with Crippen molar-refractivity contribution in [3.05, 3.63) is 82.4 Å². The van der Waals surface area contributed by atoms with Crippen LogP contribution in [0.5, 0.6) is 0 Å². The molecule has 0 unspecified atom stereocenters. The van der Waals surface area contributed by atoms with E-state index in [1.165, 1.54) is 6.07 Å². The molecule has 1 N–H and O–H groups in total. The highest BCUT2D eigenvalue weighted by Crippen LogP contribution is 2.22. The van der Waals surface area contributed by atoms with Crippen LogP contribution < -0.4 is 10.2 Å². The van der Waals surface area contributed by atoms with Gasteiger partial charge in [0.05, 0.1) is 17.9 Å². The van der Waals surface area contributed by atoms with Gasteiger partial charge in [-0.05, 0) is 22.4 Å². The first-order valence-corrected chi connectivity index (χ1v) is 10.5. The first-order valence-electron chi connectivity index (χ1n) is 10.5. The van der Waals surface area contributed by atoms with Gasteiger partial charge in [0.25, 0.3) is 5.69 Å². The van der Waals surface area contributed by atoms with E-state index in [-0.39, 0.29) is 30.5 Å². The van der Waals surface area contributed by atoms with Crippen LogP contribution in [0.3, 0.4) is 0 Å². The summed E-state index contributed by atoms with van der Waals surface area (Å²) in [6, 6.07) is 20.3. The van der Waals surface area contributed by atoms with E-state index >= 15 is 0 Å². The predicted octanol–water partition coefficient (Wildman–Crippen LogP) is 2.76. The van der Waals surface area contributed by atoms with Crippen LogP contribution in [0.25, 0.3) is 10.8 Å². The fraction of sp³-hybridized carbons (Fsp3) is 0.250. The van der Waals surface area contributed by atoms with E-state index in [0.29, 0.717) is 26.2 Å². The lowest BCUT2D eigenvalue weighted by Crippen LogP contribution is -2.51. The Morgan fingerprint density at radius 3 is 2.44 bits per heavy atom. The van der Waals surface area contributed by atoms with Crippen molar-refractivity contribution in [2.24, 2.45) is 0 Å². The van der Waals surface area contributed by atoms with Gasteiger partial charge >= 0.3 is 0 Å². The zero-order valence-electron chi connectivity index (χ0n) is 17.6. The molecule has 1 heterocycles. The molecule has 3 aromatic carbocycles. The molecule has 0 atom stereocenters. The molecule has 0 bridgehead atoms. The number of fused-ring (bicyclic) bond motifs is 1. The minimum absolute atomic E-state index is 0.0413. The van der Waals surface area contributed by atoms with Crippen molar-refractivity contribution in [3.8, 4) is 0 Å². The number of nitrogens with zero attached hydrogens (tertiary/aromatic N) is 3. The number of benzene rings is 3. The summed E-state index contributed by atoms with van der Waals surface area (Å²) < 4.78 is 0. The highest BCUT2D eigenvalue weighted by molar-refractivity contribution is 5.91. The Balaban J connectivity index is 1.27. The van der Waals surface area contributed by atoms with Crippen molar-refractivity contribution in [3.63, 3.8) is 0 Å². The summed E-state index contributed by atoms with van der Waals surface area (Å²) in [7, 11) is 0. The number of rotatable bonds is 6. The Morgan fingerprint density at radius 1 is 0.938 bits per heavy atom. The Hall–Kier alpha value is -3.94. The minimum atomic E-state index is -0.412. The van der Waals surface area contributed by atoms with E-state index in [4.69, 9.17) is 0 Å². The third-order valence-corrected chi connectivity index (χ3v) is 5.71. The van der Waals surface area contributed by atoms with Gasteiger partial charge in [0.1, 0.15) is 0 Å². The summed E-state index contributed by atoms with van der Waals surface area (Å²) >= 11 is 0. The number of amides is 2. The van der Waals surface area contributed by atoms with Crippen LogP contribution in [-0.4, -0.2) is 54.4 Å². The minimum Gasteiger partial charge on any atom is -0.368 e. The molecule has 1 saturated heterocycles. The lowest BCUT2D eigenvalue weighted by molar-refractivity contribution is -0.384. The second-order valence-corrected chi connectivity index (χ2v) is 7.74. The van der Waals surface area contributed by atoms with Crippen molar-refractivity contribution >= 4 is 34.0 Å².